The molecule has 0 aliphatic carbocycles. The number of hydrogen-bond acceptors (Lipinski definition) is 3. The molecule has 0 N–H and O–H groups in total. The van der Waals surface area contributed by atoms with Crippen LogP contribution in [-0.2, 0) is 6.42 Å². The number of nitrogens with zero attached hydrogens (tertiary/aromatic N) is 2. The Kier molecular flexibility index (Phi) is 4.44. The lowest BCUT2D eigenvalue weighted by Crippen LogP contribution is -2.15. The van der Waals surface area contributed by atoms with E-state index in [-0.39, 0.29) is 6.10 Å². The smallest absolute Gasteiger partial charge is 0.225 e. The van der Waals surface area contributed by atoms with Crippen molar-refractivity contribution in [1.82, 2.24) is 9.97 Å². The van der Waals surface area contributed by atoms with E-state index in [0.29, 0.717) is 5.88 Å². The lowest BCUT2D eigenvalue weighted by Gasteiger charge is -2.15. The lowest BCUT2D eigenvalue weighted by molar-refractivity contribution is 0.233. The first-order valence-corrected chi connectivity index (χ1v) is 7.39. The Bertz CT molecular complexity index is 750. The third kappa shape index (κ3) is 3.31. The molecule has 110 valence electrons. The minimum Gasteiger partial charge on any atom is -0.470 e. The maximum Gasteiger partial charge on any atom is 0.225 e. The van der Waals surface area contributed by atoms with Gasteiger partial charge in [-0.3, -0.25) is 0 Å². The molecule has 1 aromatic heterocycles. The molecule has 22 heavy (non-hydrogen) atoms. The quantitative estimate of drug-likeness (QED) is 0.638. The van der Waals surface area contributed by atoms with Gasteiger partial charge in [-0.2, -0.15) is 0 Å². The summed E-state index contributed by atoms with van der Waals surface area (Å²) in [5, 5.41) is 0.927. The minimum absolute atomic E-state index is 0.0708. The van der Waals surface area contributed by atoms with Crippen molar-refractivity contribution in [2.45, 2.75) is 18.9 Å². The van der Waals surface area contributed by atoms with Crippen molar-refractivity contribution in [3.8, 4) is 5.88 Å². The van der Waals surface area contributed by atoms with Crippen LogP contribution in [0, 0.1) is 0 Å². The van der Waals surface area contributed by atoms with Gasteiger partial charge in [0.2, 0.25) is 5.88 Å². The molecular weight excluding hydrogens is 272 g/mol. The van der Waals surface area contributed by atoms with E-state index in [9.17, 15) is 0 Å². The fraction of sp³-hybridized carbons (Fsp3) is 0.158. The van der Waals surface area contributed by atoms with Crippen molar-refractivity contribution in [2.24, 2.45) is 0 Å². The number of aryl methyl sites for hydroxylation is 1. The van der Waals surface area contributed by atoms with E-state index in [2.05, 4.69) is 40.8 Å². The molecule has 0 saturated carbocycles. The van der Waals surface area contributed by atoms with Crippen LogP contribution in [0.5, 0.6) is 5.88 Å². The monoisotopic (exact) mass is 290 g/mol. The van der Waals surface area contributed by atoms with Gasteiger partial charge >= 0.3 is 0 Å². The Hall–Kier alpha value is -2.68. The van der Waals surface area contributed by atoms with Crippen LogP contribution in [0.1, 0.15) is 12.0 Å². The Balaban J connectivity index is 1.73. The highest BCUT2D eigenvalue weighted by atomic mass is 16.5. The highest BCUT2D eigenvalue weighted by molar-refractivity contribution is 5.82. The Morgan fingerprint density at radius 2 is 1.77 bits per heavy atom. The third-order valence-corrected chi connectivity index (χ3v) is 3.59. The van der Waals surface area contributed by atoms with Crippen molar-refractivity contribution < 1.29 is 4.74 Å². The average molecular weight is 290 g/mol. The summed E-state index contributed by atoms with van der Waals surface area (Å²) in [5.41, 5.74) is 2.18. The average Bonchev–Trinajstić information content (AvgIpc) is 2.59. The zero-order chi connectivity index (χ0) is 15.2. The zero-order valence-corrected chi connectivity index (χ0v) is 12.4. The molecule has 3 rings (SSSR count). The number of hydrogen-bond donors (Lipinski definition) is 0. The summed E-state index contributed by atoms with van der Waals surface area (Å²) in [6.45, 7) is 3.88. The molecule has 0 fully saturated rings. The first-order valence-electron chi connectivity index (χ1n) is 7.39. The molecular formula is C19H18N2O. The molecule has 0 aliphatic heterocycles. The van der Waals surface area contributed by atoms with Gasteiger partial charge in [-0.15, -0.1) is 0 Å². The van der Waals surface area contributed by atoms with E-state index in [0.717, 1.165) is 23.7 Å². The van der Waals surface area contributed by atoms with Gasteiger partial charge < -0.3 is 4.74 Å². The highest BCUT2D eigenvalue weighted by Gasteiger charge is 2.10. The van der Waals surface area contributed by atoms with Gasteiger partial charge in [0, 0.05) is 0 Å². The Morgan fingerprint density at radius 3 is 2.59 bits per heavy atom. The van der Waals surface area contributed by atoms with E-state index in [1.807, 2.05) is 36.4 Å². The van der Waals surface area contributed by atoms with Gasteiger partial charge in [0.15, 0.2) is 0 Å². The summed E-state index contributed by atoms with van der Waals surface area (Å²) >= 11 is 0. The second kappa shape index (κ2) is 6.85. The fourth-order valence-corrected chi connectivity index (χ4v) is 2.40. The van der Waals surface area contributed by atoms with E-state index in [4.69, 9.17) is 4.74 Å². The number of fused-ring (bicyclic) bond motifs is 1. The molecule has 3 heteroatoms. The van der Waals surface area contributed by atoms with E-state index < -0.39 is 0 Å². The van der Waals surface area contributed by atoms with Gasteiger partial charge in [-0.25, -0.2) is 9.97 Å². The topological polar surface area (TPSA) is 35.0 Å². The number of ether oxygens (including phenoxy) is 1. The predicted octanol–water partition coefficient (Wildman–Crippen LogP) is 4.20. The van der Waals surface area contributed by atoms with Crippen LogP contribution in [0.15, 0.2) is 73.6 Å². The summed E-state index contributed by atoms with van der Waals surface area (Å²) in [6, 6.07) is 18.2. The molecule has 0 spiro atoms. The van der Waals surface area contributed by atoms with Gasteiger partial charge in [-0.05, 0) is 30.5 Å². The molecule has 3 nitrogen and oxygen atoms in total. The standard InChI is InChI=1S/C19H18N2O/c1-2-16(13-12-15-8-4-3-5-9-15)22-19-17-10-6-7-11-18(17)20-14-21-19/h2-11,14,16H,1,12-13H2. The van der Waals surface area contributed by atoms with Crippen LogP contribution in [0.3, 0.4) is 0 Å². The number of para-hydroxylation sites is 1. The van der Waals surface area contributed by atoms with Crippen molar-refractivity contribution in [1.29, 1.82) is 0 Å². The van der Waals surface area contributed by atoms with Crippen LogP contribution >= 0.6 is 0 Å². The van der Waals surface area contributed by atoms with Crippen molar-refractivity contribution >= 4 is 10.9 Å². The number of benzene rings is 2. The normalized spacial score (nSPS) is 12.0. The van der Waals surface area contributed by atoms with Crippen LogP contribution in [0.4, 0.5) is 0 Å². The van der Waals surface area contributed by atoms with Gasteiger partial charge in [0.25, 0.3) is 0 Å². The molecule has 0 aliphatic rings. The summed E-state index contributed by atoms with van der Waals surface area (Å²) in [5.74, 6) is 0.614. The van der Waals surface area contributed by atoms with Gasteiger partial charge in [0.1, 0.15) is 12.4 Å². The van der Waals surface area contributed by atoms with Crippen molar-refractivity contribution in [3.05, 3.63) is 79.1 Å². The third-order valence-electron chi connectivity index (χ3n) is 3.59. The van der Waals surface area contributed by atoms with E-state index >= 15 is 0 Å². The summed E-state index contributed by atoms with van der Waals surface area (Å²) in [4.78, 5) is 8.52. The predicted molar refractivity (Wildman–Crippen MR) is 88.9 cm³/mol. The van der Waals surface area contributed by atoms with Crippen LogP contribution in [0.25, 0.3) is 10.9 Å². The molecule has 1 heterocycles. The molecule has 0 saturated heterocycles. The van der Waals surface area contributed by atoms with E-state index in [1.54, 1.807) is 0 Å². The number of rotatable bonds is 6. The minimum atomic E-state index is -0.0708. The lowest BCUT2D eigenvalue weighted by atomic mass is 10.1. The molecule has 1 unspecified atom stereocenters. The molecule has 3 aromatic rings. The zero-order valence-electron chi connectivity index (χ0n) is 12.4. The fourth-order valence-electron chi connectivity index (χ4n) is 2.40. The second-order valence-corrected chi connectivity index (χ2v) is 5.11. The second-order valence-electron chi connectivity index (χ2n) is 5.11. The Morgan fingerprint density at radius 1 is 1.00 bits per heavy atom. The highest BCUT2D eigenvalue weighted by Crippen LogP contribution is 2.22. The van der Waals surface area contributed by atoms with Gasteiger partial charge in [0.05, 0.1) is 10.9 Å². The molecule has 0 bridgehead atoms. The summed E-state index contributed by atoms with van der Waals surface area (Å²) in [7, 11) is 0. The maximum absolute atomic E-state index is 6.03. The Labute approximate surface area is 130 Å². The summed E-state index contributed by atoms with van der Waals surface area (Å²) in [6.07, 6.45) is 5.11. The molecule has 0 amide bonds. The molecule has 1 atom stereocenters. The van der Waals surface area contributed by atoms with Crippen LogP contribution < -0.4 is 4.74 Å². The largest absolute Gasteiger partial charge is 0.470 e. The molecule has 0 radical (unpaired) electrons. The van der Waals surface area contributed by atoms with Crippen LogP contribution in [-0.4, -0.2) is 16.1 Å². The molecule has 2 aromatic carbocycles. The SMILES string of the molecule is C=CC(CCc1ccccc1)Oc1ncnc2ccccc12. The number of aromatic nitrogens is 2. The first-order chi connectivity index (χ1) is 10.9. The van der Waals surface area contributed by atoms with Crippen molar-refractivity contribution in [2.75, 3.05) is 0 Å². The first kappa shape index (κ1) is 14.3. The van der Waals surface area contributed by atoms with Crippen molar-refractivity contribution in [3.63, 3.8) is 0 Å². The van der Waals surface area contributed by atoms with Gasteiger partial charge in [-0.1, -0.05) is 55.1 Å². The summed E-state index contributed by atoms with van der Waals surface area (Å²) < 4.78 is 6.03. The van der Waals surface area contributed by atoms with E-state index in [1.165, 1.54) is 11.9 Å². The maximum atomic E-state index is 6.03. The van der Waals surface area contributed by atoms with Crippen LogP contribution in [0.2, 0.25) is 0 Å².